The second kappa shape index (κ2) is 12.8. The lowest BCUT2D eigenvalue weighted by molar-refractivity contribution is -0.141. The van der Waals surface area contributed by atoms with Crippen LogP contribution in [-0.2, 0) is 19.1 Å². The van der Waals surface area contributed by atoms with Crippen molar-refractivity contribution < 1.29 is 28.5 Å². The van der Waals surface area contributed by atoms with E-state index in [4.69, 9.17) is 18.9 Å². The molecular weight excluding hydrogens is 484 g/mol. The number of carbonyl (C=O) groups excluding carboxylic acids is 2. The van der Waals surface area contributed by atoms with E-state index in [1.54, 1.807) is 34.3 Å². The number of rotatable bonds is 12. The summed E-state index contributed by atoms with van der Waals surface area (Å²) in [4.78, 5) is 34.7. The standard InChI is InChI=1S/C25H34N4O6S/c1-16-21(24(31)35-13-12-32-4)22(18-8-7-9-19(33-5)23(18)34-6)29-17(15-36-25(29)27-16)14-20(30)26-10-11-28(2)3/h7-9,15,22H,10-14H2,1-6H3,(H,26,30). The number of likely N-dealkylation sites (N-methyl/N-ethyl adjacent to an activating group) is 1. The van der Waals surface area contributed by atoms with Gasteiger partial charge in [-0.15, -0.1) is 0 Å². The second-order valence-electron chi connectivity index (χ2n) is 8.43. The Labute approximate surface area is 216 Å². The number of thioether (sulfide) groups is 1. The molecule has 196 valence electrons. The normalized spacial score (nSPS) is 17.0. The topological polar surface area (TPSA) is 102 Å². The van der Waals surface area contributed by atoms with Crippen LogP contribution >= 0.6 is 11.8 Å². The van der Waals surface area contributed by atoms with Crippen LogP contribution in [0, 0.1) is 0 Å². The molecular formula is C25H34N4O6S. The highest BCUT2D eigenvalue weighted by molar-refractivity contribution is 8.16. The first-order valence-corrected chi connectivity index (χ1v) is 12.4. The van der Waals surface area contributed by atoms with Crippen molar-refractivity contribution in [3.05, 3.63) is 46.1 Å². The lowest BCUT2D eigenvalue weighted by atomic mass is 9.92. The summed E-state index contributed by atoms with van der Waals surface area (Å²) in [6, 6.07) is 4.88. The van der Waals surface area contributed by atoms with Crippen LogP contribution in [0.5, 0.6) is 11.5 Å². The van der Waals surface area contributed by atoms with Crippen molar-refractivity contribution in [2.75, 3.05) is 61.7 Å². The molecule has 0 aliphatic carbocycles. The van der Waals surface area contributed by atoms with E-state index in [0.29, 0.717) is 40.0 Å². The van der Waals surface area contributed by atoms with Crippen molar-refractivity contribution in [3.63, 3.8) is 0 Å². The molecule has 2 aliphatic rings. The zero-order valence-electron chi connectivity index (χ0n) is 21.6. The van der Waals surface area contributed by atoms with Crippen molar-refractivity contribution in [2.24, 2.45) is 4.99 Å². The van der Waals surface area contributed by atoms with Gasteiger partial charge < -0.3 is 34.1 Å². The summed E-state index contributed by atoms with van der Waals surface area (Å²) in [6.07, 6.45) is 0.132. The van der Waals surface area contributed by atoms with Crippen molar-refractivity contribution in [1.29, 1.82) is 0 Å². The van der Waals surface area contributed by atoms with Crippen molar-refractivity contribution in [3.8, 4) is 11.5 Å². The molecule has 0 aromatic heterocycles. The number of hydrogen-bond acceptors (Lipinski definition) is 10. The SMILES string of the molecule is COCCOC(=O)C1=C(C)N=C2SC=C(CC(=O)NCCN(C)C)N2C1c1cccc(OC)c1OC. The van der Waals surface area contributed by atoms with E-state index in [2.05, 4.69) is 10.3 Å². The minimum absolute atomic E-state index is 0.108. The van der Waals surface area contributed by atoms with E-state index in [9.17, 15) is 9.59 Å². The van der Waals surface area contributed by atoms with Crippen LogP contribution in [0.15, 0.2) is 45.6 Å². The molecule has 3 rings (SSSR count). The van der Waals surface area contributed by atoms with Gasteiger partial charge in [0.1, 0.15) is 6.61 Å². The fourth-order valence-electron chi connectivity index (χ4n) is 3.99. The van der Waals surface area contributed by atoms with E-state index < -0.39 is 12.0 Å². The Morgan fingerprint density at radius 2 is 1.94 bits per heavy atom. The highest BCUT2D eigenvalue weighted by atomic mass is 32.2. The fraction of sp³-hybridized carbons (Fsp3) is 0.480. The van der Waals surface area contributed by atoms with Gasteiger partial charge in [0.15, 0.2) is 16.7 Å². The van der Waals surface area contributed by atoms with Gasteiger partial charge in [0.2, 0.25) is 5.91 Å². The number of hydrogen-bond donors (Lipinski definition) is 1. The summed E-state index contributed by atoms with van der Waals surface area (Å²) in [6.45, 7) is 3.44. The third-order valence-electron chi connectivity index (χ3n) is 5.69. The van der Waals surface area contributed by atoms with Crippen LogP contribution < -0.4 is 14.8 Å². The van der Waals surface area contributed by atoms with E-state index in [0.717, 1.165) is 12.2 Å². The smallest absolute Gasteiger partial charge is 0.338 e. The quantitative estimate of drug-likeness (QED) is 0.330. The molecule has 36 heavy (non-hydrogen) atoms. The van der Waals surface area contributed by atoms with Crippen molar-refractivity contribution >= 4 is 28.8 Å². The Morgan fingerprint density at radius 1 is 1.17 bits per heavy atom. The number of carbonyl (C=O) groups is 2. The van der Waals surface area contributed by atoms with E-state index in [-0.39, 0.29) is 25.5 Å². The molecule has 0 spiro atoms. The number of fused-ring (bicyclic) bond motifs is 1. The van der Waals surface area contributed by atoms with Gasteiger partial charge in [0, 0.05) is 31.5 Å². The van der Waals surface area contributed by atoms with E-state index in [1.165, 1.54) is 11.8 Å². The van der Waals surface area contributed by atoms with Crippen LogP contribution in [0.4, 0.5) is 0 Å². The molecule has 2 aliphatic heterocycles. The maximum absolute atomic E-state index is 13.3. The molecule has 1 N–H and O–H groups in total. The molecule has 11 heteroatoms. The number of para-hydroxylation sites is 1. The molecule has 1 unspecified atom stereocenters. The third kappa shape index (κ3) is 6.21. The van der Waals surface area contributed by atoms with E-state index >= 15 is 0 Å². The molecule has 1 aromatic carbocycles. The zero-order chi connectivity index (χ0) is 26.2. The first kappa shape index (κ1) is 27.6. The second-order valence-corrected chi connectivity index (χ2v) is 9.27. The van der Waals surface area contributed by atoms with Crippen LogP contribution in [0.25, 0.3) is 0 Å². The molecule has 0 radical (unpaired) electrons. The highest BCUT2D eigenvalue weighted by Gasteiger charge is 2.42. The molecule has 1 atom stereocenters. The highest BCUT2D eigenvalue weighted by Crippen LogP contribution is 2.48. The first-order chi connectivity index (χ1) is 17.3. The third-order valence-corrected chi connectivity index (χ3v) is 6.58. The Kier molecular flexibility index (Phi) is 9.80. The van der Waals surface area contributed by atoms with Gasteiger partial charge in [-0.1, -0.05) is 23.9 Å². The summed E-state index contributed by atoms with van der Waals surface area (Å²) >= 11 is 1.41. The lowest BCUT2D eigenvalue weighted by Gasteiger charge is -2.37. The number of methoxy groups -OCH3 is 3. The lowest BCUT2D eigenvalue weighted by Crippen LogP contribution is -2.39. The molecule has 0 saturated carbocycles. The number of esters is 1. The first-order valence-electron chi connectivity index (χ1n) is 11.5. The number of benzene rings is 1. The maximum Gasteiger partial charge on any atom is 0.338 e. The molecule has 1 amide bonds. The Hall–Kier alpha value is -3.02. The Bertz CT molecular complexity index is 1070. The minimum atomic E-state index is -0.631. The van der Waals surface area contributed by atoms with Crippen LogP contribution in [0.1, 0.15) is 24.9 Å². The average molecular weight is 519 g/mol. The molecule has 10 nitrogen and oxygen atoms in total. The molecule has 0 saturated heterocycles. The maximum atomic E-state index is 13.3. The molecule has 0 bridgehead atoms. The van der Waals surface area contributed by atoms with Gasteiger partial charge in [0.05, 0.1) is 44.6 Å². The number of nitrogens with one attached hydrogen (secondary N) is 1. The number of amidine groups is 1. The molecule has 1 aromatic rings. The van der Waals surface area contributed by atoms with Gasteiger partial charge in [-0.25, -0.2) is 9.79 Å². The summed E-state index contributed by atoms with van der Waals surface area (Å²) in [5, 5.41) is 5.52. The number of ether oxygens (including phenoxy) is 4. The Morgan fingerprint density at radius 3 is 2.61 bits per heavy atom. The molecule has 2 heterocycles. The average Bonchev–Trinajstić information content (AvgIpc) is 3.24. The van der Waals surface area contributed by atoms with Gasteiger partial charge in [0.25, 0.3) is 0 Å². The summed E-state index contributed by atoms with van der Waals surface area (Å²) in [7, 11) is 8.56. The fourth-order valence-corrected chi connectivity index (χ4v) is 4.96. The largest absolute Gasteiger partial charge is 0.493 e. The minimum Gasteiger partial charge on any atom is -0.493 e. The summed E-state index contributed by atoms with van der Waals surface area (Å²) < 4.78 is 21.8. The number of nitrogens with zero attached hydrogens (tertiary/aromatic N) is 3. The zero-order valence-corrected chi connectivity index (χ0v) is 22.4. The Balaban J connectivity index is 2.01. The van der Waals surface area contributed by atoms with Gasteiger partial charge >= 0.3 is 5.97 Å². The van der Waals surface area contributed by atoms with Crippen molar-refractivity contribution in [2.45, 2.75) is 19.4 Å². The van der Waals surface area contributed by atoms with Crippen LogP contribution in [0.3, 0.4) is 0 Å². The van der Waals surface area contributed by atoms with E-state index in [1.807, 2.05) is 41.4 Å². The number of allylic oxidation sites excluding steroid dienone is 1. The molecule has 0 fully saturated rings. The van der Waals surface area contributed by atoms with Gasteiger partial charge in [-0.2, -0.15) is 0 Å². The van der Waals surface area contributed by atoms with Crippen LogP contribution in [0.2, 0.25) is 0 Å². The number of aliphatic imine (C=N–C) groups is 1. The summed E-state index contributed by atoms with van der Waals surface area (Å²) in [5.74, 6) is 0.404. The predicted octanol–water partition coefficient (Wildman–Crippen LogP) is 2.54. The summed E-state index contributed by atoms with van der Waals surface area (Å²) in [5.41, 5.74) is 2.33. The number of amides is 1. The monoisotopic (exact) mass is 518 g/mol. The van der Waals surface area contributed by atoms with Crippen molar-refractivity contribution in [1.82, 2.24) is 15.1 Å². The van der Waals surface area contributed by atoms with Gasteiger partial charge in [-0.05, 0) is 32.5 Å². The van der Waals surface area contributed by atoms with Crippen LogP contribution in [-0.4, -0.2) is 88.6 Å². The van der Waals surface area contributed by atoms with Gasteiger partial charge in [-0.3, -0.25) is 4.79 Å². The predicted molar refractivity (Wildman–Crippen MR) is 139 cm³/mol.